The van der Waals surface area contributed by atoms with Gasteiger partial charge in [0.15, 0.2) is 0 Å². The van der Waals surface area contributed by atoms with Gasteiger partial charge < -0.3 is 9.47 Å². The molecule has 1 unspecified atom stereocenters. The molecule has 0 N–H and O–H groups in total. The predicted molar refractivity (Wildman–Crippen MR) is 101 cm³/mol. The Morgan fingerprint density at radius 2 is 1.80 bits per heavy atom. The summed E-state index contributed by atoms with van der Waals surface area (Å²) in [6, 6.07) is 15.9. The van der Waals surface area contributed by atoms with Gasteiger partial charge in [0, 0.05) is 17.7 Å². The molecule has 0 saturated heterocycles. The zero-order valence-corrected chi connectivity index (χ0v) is 15.8. The van der Waals surface area contributed by atoms with Crippen molar-refractivity contribution in [1.29, 1.82) is 0 Å². The summed E-state index contributed by atoms with van der Waals surface area (Å²) in [5, 5.41) is 0. The summed E-state index contributed by atoms with van der Waals surface area (Å²) in [6.45, 7) is 0. The van der Waals surface area contributed by atoms with Crippen LogP contribution >= 0.6 is 11.8 Å². The van der Waals surface area contributed by atoms with Gasteiger partial charge in [-0.1, -0.05) is 30.3 Å². The molecule has 0 fully saturated rings. The SMILES string of the molecule is COc1ccc(S(=O)(=O)C2=C(c3ccccc3)OC(CSC)C2)cc1. The third-order valence-corrected chi connectivity index (χ3v) is 6.63. The molecule has 0 aromatic heterocycles. The van der Waals surface area contributed by atoms with Crippen molar-refractivity contribution in [3.8, 4) is 5.75 Å². The first-order valence-electron chi connectivity index (χ1n) is 7.89. The highest BCUT2D eigenvalue weighted by Gasteiger charge is 2.35. The van der Waals surface area contributed by atoms with Gasteiger partial charge in [0.05, 0.1) is 16.9 Å². The van der Waals surface area contributed by atoms with Crippen molar-refractivity contribution in [3.05, 3.63) is 65.1 Å². The van der Waals surface area contributed by atoms with Gasteiger partial charge in [0.2, 0.25) is 9.84 Å². The fourth-order valence-corrected chi connectivity index (χ4v) is 4.95. The van der Waals surface area contributed by atoms with Crippen LogP contribution in [0.15, 0.2) is 64.4 Å². The van der Waals surface area contributed by atoms with Crippen LogP contribution < -0.4 is 4.74 Å². The lowest BCUT2D eigenvalue weighted by Gasteiger charge is -2.11. The van der Waals surface area contributed by atoms with E-state index >= 15 is 0 Å². The molecule has 2 aromatic rings. The van der Waals surface area contributed by atoms with Crippen LogP contribution in [0.2, 0.25) is 0 Å². The molecule has 3 rings (SSSR count). The monoisotopic (exact) mass is 376 g/mol. The van der Waals surface area contributed by atoms with Gasteiger partial charge >= 0.3 is 0 Å². The molecular formula is C19H20O4S2. The lowest BCUT2D eigenvalue weighted by Crippen LogP contribution is -2.11. The Morgan fingerprint density at radius 1 is 1.12 bits per heavy atom. The van der Waals surface area contributed by atoms with E-state index in [2.05, 4.69) is 0 Å². The smallest absolute Gasteiger partial charge is 0.206 e. The molecule has 0 bridgehead atoms. The Bertz CT molecular complexity index is 856. The van der Waals surface area contributed by atoms with Gasteiger partial charge in [-0.3, -0.25) is 0 Å². The van der Waals surface area contributed by atoms with Crippen LogP contribution in [-0.2, 0) is 14.6 Å². The van der Waals surface area contributed by atoms with E-state index in [9.17, 15) is 8.42 Å². The highest BCUT2D eigenvalue weighted by Crippen LogP contribution is 2.39. The number of hydrogen-bond acceptors (Lipinski definition) is 5. The van der Waals surface area contributed by atoms with Crippen molar-refractivity contribution in [2.75, 3.05) is 19.1 Å². The minimum Gasteiger partial charge on any atom is -0.497 e. The highest BCUT2D eigenvalue weighted by molar-refractivity contribution is 7.98. The Kier molecular flexibility index (Phi) is 5.39. The first-order chi connectivity index (χ1) is 12.1. The quantitative estimate of drug-likeness (QED) is 0.763. The van der Waals surface area contributed by atoms with Gasteiger partial charge in [0.1, 0.15) is 17.6 Å². The number of thioether (sulfide) groups is 1. The van der Waals surface area contributed by atoms with E-state index in [1.54, 1.807) is 43.1 Å². The zero-order chi connectivity index (χ0) is 17.9. The molecule has 1 heterocycles. The minimum atomic E-state index is -3.62. The third-order valence-electron chi connectivity index (χ3n) is 4.03. The van der Waals surface area contributed by atoms with E-state index in [0.29, 0.717) is 22.8 Å². The Hall–Kier alpha value is -1.92. The molecule has 25 heavy (non-hydrogen) atoms. The summed E-state index contributed by atoms with van der Waals surface area (Å²) in [6.07, 6.45) is 2.24. The number of hydrogen-bond donors (Lipinski definition) is 0. The van der Waals surface area contributed by atoms with E-state index in [1.807, 2.05) is 36.6 Å². The van der Waals surface area contributed by atoms with Crippen molar-refractivity contribution in [3.63, 3.8) is 0 Å². The topological polar surface area (TPSA) is 52.6 Å². The van der Waals surface area contributed by atoms with Crippen molar-refractivity contribution in [2.45, 2.75) is 17.4 Å². The molecule has 1 atom stereocenters. The minimum absolute atomic E-state index is 0.131. The number of ether oxygens (including phenoxy) is 2. The van der Waals surface area contributed by atoms with E-state index in [1.165, 1.54) is 0 Å². The van der Waals surface area contributed by atoms with Crippen LogP contribution in [0.4, 0.5) is 0 Å². The fraction of sp³-hybridized carbons (Fsp3) is 0.263. The van der Waals surface area contributed by atoms with Crippen LogP contribution in [0.5, 0.6) is 5.75 Å². The van der Waals surface area contributed by atoms with Crippen molar-refractivity contribution < 1.29 is 17.9 Å². The molecule has 6 heteroatoms. The van der Waals surface area contributed by atoms with Crippen LogP contribution in [-0.4, -0.2) is 33.6 Å². The van der Waals surface area contributed by atoms with Crippen LogP contribution in [0.1, 0.15) is 12.0 Å². The van der Waals surface area contributed by atoms with Gasteiger partial charge in [-0.25, -0.2) is 8.42 Å². The molecule has 0 saturated carbocycles. The number of benzene rings is 2. The average molecular weight is 376 g/mol. The maximum Gasteiger partial charge on any atom is 0.206 e. The molecule has 4 nitrogen and oxygen atoms in total. The molecule has 0 spiro atoms. The lowest BCUT2D eigenvalue weighted by atomic mass is 10.2. The van der Waals surface area contributed by atoms with E-state index in [4.69, 9.17) is 9.47 Å². The largest absolute Gasteiger partial charge is 0.497 e. The second-order valence-electron chi connectivity index (χ2n) is 5.70. The fourth-order valence-electron chi connectivity index (χ4n) is 2.80. The first kappa shape index (κ1) is 17.9. The summed E-state index contributed by atoms with van der Waals surface area (Å²) in [5.74, 6) is 1.84. The van der Waals surface area contributed by atoms with Crippen molar-refractivity contribution in [1.82, 2.24) is 0 Å². The van der Waals surface area contributed by atoms with Gasteiger partial charge in [-0.05, 0) is 30.5 Å². The lowest BCUT2D eigenvalue weighted by molar-refractivity contribution is 0.215. The summed E-state index contributed by atoms with van der Waals surface area (Å²) < 4.78 is 37.5. The van der Waals surface area contributed by atoms with Gasteiger partial charge in [-0.2, -0.15) is 11.8 Å². The van der Waals surface area contributed by atoms with E-state index in [0.717, 1.165) is 11.3 Å². The molecule has 1 aliphatic rings. The molecular weight excluding hydrogens is 356 g/mol. The summed E-state index contributed by atoms with van der Waals surface area (Å²) in [7, 11) is -2.07. The predicted octanol–water partition coefficient (Wildman–Crippen LogP) is 3.99. The van der Waals surface area contributed by atoms with Gasteiger partial charge in [0.25, 0.3) is 0 Å². The van der Waals surface area contributed by atoms with Crippen LogP contribution in [0, 0.1) is 0 Å². The second kappa shape index (κ2) is 7.54. The van der Waals surface area contributed by atoms with E-state index < -0.39 is 9.84 Å². The van der Waals surface area contributed by atoms with Gasteiger partial charge in [-0.15, -0.1) is 0 Å². The maximum absolute atomic E-state index is 13.2. The number of methoxy groups -OCH3 is 1. The summed E-state index contributed by atoms with van der Waals surface area (Å²) in [4.78, 5) is 0.605. The van der Waals surface area contributed by atoms with Crippen LogP contribution in [0.25, 0.3) is 5.76 Å². The normalized spacial score (nSPS) is 17.4. The number of sulfone groups is 1. The molecule has 0 radical (unpaired) electrons. The third kappa shape index (κ3) is 3.70. The molecule has 132 valence electrons. The van der Waals surface area contributed by atoms with Crippen molar-refractivity contribution >= 4 is 27.4 Å². The molecule has 0 amide bonds. The molecule has 2 aromatic carbocycles. The Morgan fingerprint density at radius 3 is 2.40 bits per heavy atom. The maximum atomic E-state index is 13.2. The second-order valence-corrected chi connectivity index (χ2v) is 8.58. The number of rotatable bonds is 6. The first-order valence-corrected chi connectivity index (χ1v) is 10.8. The highest BCUT2D eigenvalue weighted by atomic mass is 32.2. The average Bonchev–Trinajstić information content (AvgIpc) is 3.08. The molecule has 1 aliphatic heterocycles. The summed E-state index contributed by atoms with van der Waals surface area (Å²) in [5.41, 5.74) is 0.790. The van der Waals surface area contributed by atoms with Crippen molar-refractivity contribution in [2.24, 2.45) is 0 Å². The van der Waals surface area contributed by atoms with E-state index in [-0.39, 0.29) is 11.0 Å². The molecule has 0 aliphatic carbocycles. The Balaban J connectivity index is 2.05. The summed E-state index contributed by atoms with van der Waals surface area (Å²) >= 11 is 1.65. The Labute approximate surface area is 152 Å². The standard InChI is InChI=1S/C19H20O4S2/c1-22-15-8-10-17(11-9-15)25(20,21)18-12-16(13-24-2)23-19(18)14-6-4-3-5-7-14/h3-11,16H,12-13H2,1-2H3. The zero-order valence-electron chi connectivity index (χ0n) is 14.1. The van der Waals surface area contributed by atoms with Crippen LogP contribution in [0.3, 0.4) is 0 Å².